The van der Waals surface area contributed by atoms with Gasteiger partial charge in [0.15, 0.2) is 11.5 Å². The lowest BCUT2D eigenvalue weighted by molar-refractivity contribution is -0.118. The zero-order valence-electron chi connectivity index (χ0n) is 14.4. The molecule has 25 heavy (non-hydrogen) atoms. The van der Waals surface area contributed by atoms with E-state index >= 15 is 0 Å². The van der Waals surface area contributed by atoms with Gasteiger partial charge in [-0.1, -0.05) is 6.92 Å². The highest BCUT2D eigenvalue weighted by Gasteiger charge is 2.27. The molecule has 4 rings (SSSR count). The van der Waals surface area contributed by atoms with Crippen molar-refractivity contribution in [1.29, 1.82) is 0 Å². The van der Waals surface area contributed by atoms with E-state index in [9.17, 15) is 4.79 Å². The number of furan rings is 1. The predicted octanol–water partition coefficient (Wildman–Crippen LogP) is 4.20. The zero-order chi connectivity index (χ0) is 17.2. The molecule has 0 aliphatic heterocycles. The Morgan fingerprint density at radius 1 is 1.32 bits per heavy atom. The first-order valence-electron chi connectivity index (χ1n) is 8.96. The molecule has 130 valence electrons. The fraction of sp³-hybridized carbons (Fsp3) is 0.400. The van der Waals surface area contributed by atoms with Crippen molar-refractivity contribution < 1.29 is 13.6 Å². The molecule has 0 bridgehead atoms. The van der Waals surface area contributed by atoms with Gasteiger partial charge in [-0.2, -0.15) is 0 Å². The van der Waals surface area contributed by atoms with Gasteiger partial charge in [-0.15, -0.1) is 0 Å². The van der Waals surface area contributed by atoms with Gasteiger partial charge in [0, 0.05) is 30.1 Å². The van der Waals surface area contributed by atoms with Crippen molar-refractivity contribution in [2.75, 3.05) is 6.54 Å². The third kappa shape index (κ3) is 3.18. The second kappa shape index (κ2) is 6.75. The summed E-state index contributed by atoms with van der Waals surface area (Å²) in [6, 6.07) is 8.35. The van der Waals surface area contributed by atoms with Gasteiger partial charge in [0.2, 0.25) is 6.41 Å². The number of nitrogens with zero attached hydrogens (tertiary/aromatic N) is 2. The summed E-state index contributed by atoms with van der Waals surface area (Å²) >= 11 is 0. The Kier molecular flexibility index (Phi) is 4.30. The summed E-state index contributed by atoms with van der Waals surface area (Å²) < 4.78 is 11.6. The van der Waals surface area contributed by atoms with Gasteiger partial charge < -0.3 is 13.7 Å². The Hall–Kier alpha value is -2.56. The number of oxazole rings is 1. The minimum atomic E-state index is 0.454. The Bertz CT molecular complexity index is 863. The summed E-state index contributed by atoms with van der Waals surface area (Å²) in [5, 5.41) is 0. The van der Waals surface area contributed by atoms with Crippen LogP contribution in [0.4, 0.5) is 0 Å². The smallest absolute Gasteiger partial charge is 0.209 e. The molecular formula is C20H22N2O3. The number of hydrogen-bond donors (Lipinski definition) is 0. The Morgan fingerprint density at radius 2 is 2.20 bits per heavy atom. The standard InChI is InChI=1S/C20H22N2O3/c1-2-19-21-17-10-9-15(18-6-4-12-24-18)16(20(17)25-19)5-3-11-22(13-23)14-7-8-14/h4,6,9-10,12-14H,2-3,5,7-8,11H2,1H3. The van der Waals surface area contributed by atoms with Crippen molar-refractivity contribution >= 4 is 17.5 Å². The monoisotopic (exact) mass is 338 g/mol. The quantitative estimate of drug-likeness (QED) is 0.578. The van der Waals surface area contributed by atoms with Gasteiger partial charge in [-0.25, -0.2) is 4.98 Å². The van der Waals surface area contributed by atoms with Crippen LogP contribution in [0.5, 0.6) is 0 Å². The maximum Gasteiger partial charge on any atom is 0.209 e. The fourth-order valence-corrected chi connectivity index (χ4v) is 3.32. The number of aromatic nitrogens is 1. The van der Waals surface area contributed by atoms with E-state index in [1.165, 1.54) is 0 Å². The van der Waals surface area contributed by atoms with E-state index in [0.717, 1.165) is 78.9 Å². The summed E-state index contributed by atoms with van der Waals surface area (Å²) in [6.07, 6.45) is 7.41. The first-order chi connectivity index (χ1) is 12.3. The number of rotatable bonds is 8. The summed E-state index contributed by atoms with van der Waals surface area (Å²) in [4.78, 5) is 17.7. The molecule has 0 atom stereocenters. The largest absolute Gasteiger partial charge is 0.464 e. The molecule has 3 aromatic rings. The molecule has 0 unspecified atom stereocenters. The SMILES string of the molecule is CCc1nc2ccc(-c3ccco3)c(CCCN(C=O)C3CC3)c2o1. The van der Waals surface area contributed by atoms with E-state index in [-0.39, 0.29) is 0 Å². The molecule has 2 aromatic heterocycles. The minimum absolute atomic E-state index is 0.454. The van der Waals surface area contributed by atoms with Crippen LogP contribution in [-0.4, -0.2) is 28.9 Å². The first-order valence-corrected chi connectivity index (χ1v) is 8.96. The second-order valence-electron chi connectivity index (χ2n) is 6.56. The van der Waals surface area contributed by atoms with Gasteiger partial charge in [-0.3, -0.25) is 4.79 Å². The molecule has 1 amide bonds. The third-order valence-electron chi connectivity index (χ3n) is 4.79. The summed E-state index contributed by atoms with van der Waals surface area (Å²) in [5.41, 5.74) is 3.88. The summed E-state index contributed by atoms with van der Waals surface area (Å²) in [5.74, 6) is 1.58. The predicted molar refractivity (Wildman–Crippen MR) is 95.2 cm³/mol. The van der Waals surface area contributed by atoms with Crippen LogP contribution in [0, 0.1) is 0 Å². The van der Waals surface area contributed by atoms with E-state index in [0.29, 0.717) is 6.04 Å². The molecule has 1 aliphatic rings. The van der Waals surface area contributed by atoms with Crippen molar-refractivity contribution in [2.24, 2.45) is 0 Å². The Morgan fingerprint density at radius 3 is 2.88 bits per heavy atom. The van der Waals surface area contributed by atoms with Crippen LogP contribution < -0.4 is 0 Å². The van der Waals surface area contributed by atoms with Crippen molar-refractivity contribution in [3.63, 3.8) is 0 Å². The first kappa shape index (κ1) is 15.9. The van der Waals surface area contributed by atoms with Gasteiger partial charge in [-0.05, 0) is 49.9 Å². The van der Waals surface area contributed by atoms with Crippen LogP contribution >= 0.6 is 0 Å². The van der Waals surface area contributed by atoms with E-state index in [2.05, 4.69) is 11.1 Å². The van der Waals surface area contributed by atoms with E-state index in [1.807, 2.05) is 30.0 Å². The lowest BCUT2D eigenvalue weighted by Crippen LogP contribution is -2.25. The van der Waals surface area contributed by atoms with Gasteiger partial charge in [0.1, 0.15) is 11.3 Å². The van der Waals surface area contributed by atoms with Crippen molar-refractivity contribution in [3.05, 3.63) is 42.0 Å². The molecule has 0 radical (unpaired) electrons. The number of fused-ring (bicyclic) bond motifs is 1. The zero-order valence-corrected chi connectivity index (χ0v) is 14.4. The molecule has 1 aromatic carbocycles. The Labute approximate surface area is 146 Å². The fourth-order valence-electron chi connectivity index (χ4n) is 3.32. The van der Waals surface area contributed by atoms with E-state index in [1.54, 1.807) is 6.26 Å². The number of carbonyl (C=O) groups excluding carboxylic acids is 1. The van der Waals surface area contributed by atoms with Crippen LogP contribution in [0.1, 0.15) is 37.6 Å². The normalized spacial score (nSPS) is 14.1. The molecule has 0 N–H and O–H groups in total. The summed E-state index contributed by atoms with van der Waals surface area (Å²) in [6.45, 7) is 2.81. The Balaban J connectivity index is 1.64. The van der Waals surface area contributed by atoms with Gasteiger partial charge >= 0.3 is 0 Å². The number of hydrogen-bond acceptors (Lipinski definition) is 4. The molecular weight excluding hydrogens is 316 g/mol. The highest BCUT2D eigenvalue weighted by molar-refractivity contribution is 5.84. The molecule has 0 spiro atoms. The number of carbonyl (C=O) groups is 1. The molecule has 1 aliphatic carbocycles. The molecule has 1 fully saturated rings. The second-order valence-corrected chi connectivity index (χ2v) is 6.56. The maximum absolute atomic E-state index is 11.2. The van der Waals surface area contributed by atoms with Crippen LogP contribution in [-0.2, 0) is 17.6 Å². The minimum Gasteiger partial charge on any atom is -0.464 e. The van der Waals surface area contributed by atoms with Gasteiger partial charge in [0.05, 0.1) is 6.26 Å². The maximum atomic E-state index is 11.2. The van der Waals surface area contributed by atoms with E-state index in [4.69, 9.17) is 8.83 Å². The number of aryl methyl sites for hydroxylation is 2. The van der Waals surface area contributed by atoms with Crippen LogP contribution in [0.2, 0.25) is 0 Å². The molecule has 5 heteroatoms. The number of benzene rings is 1. The van der Waals surface area contributed by atoms with Crippen molar-refractivity contribution in [1.82, 2.24) is 9.88 Å². The van der Waals surface area contributed by atoms with Crippen LogP contribution in [0.25, 0.3) is 22.4 Å². The van der Waals surface area contributed by atoms with Crippen LogP contribution in [0.3, 0.4) is 0 Å². The molecule has 0 saturated heterocycles. The van der Waals surface area contributed by atoms with Crippen LogP contribution in [0.15, 0.2) is 39.4 Å². The molecule has 5 nitrogen and oxygen atoms in total. The lowest BCUT2D eigenvalue weighted by Gasteiger charge is -2.16. The number of amides is 1. The molecule has 1 saturated carbocycles. The average Bonchev–Trinajstić information content (AvgIpc) is 3.16. The van der Waals surface area contributed by atoms with E-state index < -0.39 is 0 Å². The van der Waals surface area contributed by atoms with Crippen molar-refractivity contribution in [2.45, 2.75) is 45.1 Å². The van der Waals surface area contributed by atoms with Gasteiger partial charge in [0.25, 0.3) is 0 Å². The lowest BCUT2D eigenvalue weighted by atomic mass is 9.99. The van der Waals surface area contributed by atoms with Crippen molar-refractivity contribution in [3.8, 4) is 11.3 Å². The topological polar surface area (TPSA) is 59.5 Å². The highest BCUT2D eigenvalue weighted by Crippen LogP contribution is 2.33. The summed E-state index contributed by atoms with van der Waals surface area (Å²) in [7, 11) is 0. The highest BCUT2D eigenvalue weighted by atomic mass is 16.3. The molecule has 2 heterocycles. The third-order valence-corrected chi connectivity index (χ3v) is 4.79. The average molecular weight is 338 g/mol.